The molecule has 0 radical (unpaired) electrons. The highest BCUT2D eigenvalue weighted by Crippen LogP contribution is 2.28. The van der Waals surface area contributed by atoms with Crippen LogP contribution in [0.15, 0.2) is 0 Å². The Kier molecular flexibility index (Phi) is 6.75. The summed E-state index contributed by atoms with van der Waals surface area (Å²) in [5, 5.41) is 3.07. The molecule has 0 bridgehead atoms. The van der Waals surface area contributed by atoms with Gasteiger partial charge in [0.15, 0.2) is 0 Å². The molecule has 27 heavy (non-hydrogen) atoms. The first-order chi connectivity index (χ1) is 12.9. The lowest BCUT2D eigenvalue weighted by molar-refractivity contribution is -0.130. The van der Waals surface area contributed by atoms with E-state index in [9.17, 15) is 18.0 Å². The van der Waals surface area contributed by atoms with Crippen LogP contribution >= 0.6 is 0 Å². The Balaban J connectivity index is 1.59. The van der Waals surface area contributed by atoms with Crippen molar-refractivity contribution in [1.29, 1.82) is 0 Å². The average Bonchev–Trinajstić information content (AvgIpc) is 3.24. The van der Waals surface area contributed by atoms with Gasteiger partial charge in [0.2, 0.25) is 15.9 Å². The molecule has 0 aromatic rings. The largest absolute Gasteiger partial charge is 0.385 e. The van der Waals surface area contributed by atoms with Crippen molar-refractivity contribution in [2.75, 3.05) is 39.1 Å². The molecular formula is C18H31N3O5S. The fraction of sp³-hybridized carbons (Fsp3) is 0.889. The molecule has 9 heteroatoms. The molecular weight excluding hydrogens is 370 g/mol. The molecule has 1 N–H and O–H groups in total. The van der Waals surface area contributed by atoms with Crippen molar-refractivity contribution in [3.63, 3.8) is 0 Å². The Labute approximate surface area is 161 Å². The summed E-state index contributed by atoms with van der Waals surface area (Å²) in [7, 11) is -2.04. The third-order valence-corrected chi connectivity index (χ3v) is 7.66. The number of sulfonamides is 1. The Hall–Kier alpha value is -1.19. The van der Waals surface area contributed by atoms with E-state index in [1.807, 2.05) is 4.90 Å². The van der Waals surface area contributed by atoms with Gasteiger partial charge in [0.1, 0.15) is 0 Å². The number of fused-ring (bicyclic) bond motifs is 1. The predicted octanol–water partition coefficient (Wildman–Crippen LogP) is 0.334. The van der Waals surface area contributed by atoms with Crippen LogP contribution in [-0.4, -0.2) is 80.6 Å². The second-order valence-corrected chi connectivity index (χ2v) is 9.95. The molecule has 2 atom stereocenters. The van der Waals surface area contributed by atoms with Crippen molar-refractivity contribution in [1.82, 2.24) is 14.5 Å². The molecule has 154 valence electrons. The third-order valence-electron chi connectivity index (χ3n) is 5.93. The number of hydrogen-bond donors (Lipinski definition) is 1. The van der Waals surface area contributed by atoms with Crippen LogP contribution in [0, 0.1) is 5.92 Å². The Bertz CT molecular complexity index is 647. The Morgan fingerprint density at radius 1 is 1.30 bits per heavy atom. The Morgan fingerprint density at radius 2 is 2.04 bits per heavy atom. The summed E-state index contributed by atoms with van der Waals surface area (Å²) in [6.45, 7) is 1.42. The first kappa shape index (κ1) is 20.5. The Morgan fingerprint density at radius 3 is 2.74 bits per heavy atom. The standard InChI is InChI=1S/C18H31N3O5S/c1-26-9-4-7-21-18(23)16-12-15(13-20(16)8-10-27(21,24)25)19-17(22)11-14-5-2-3-6-14/h14-16H,2-13H2,1H3,(H,19,22)/t15-,16-/m0/s1. The number of amides is 2. The number of carbonyl (C=O) groups excluding carboxylic acids is 2. The molecule has 1 saturated carbocycles. The molecule has 0 spiro atoms. The summed E-state index contributed by atoms with van der Waals surface area (Å²) in [6, 6.07) is -0.559. The van der Waals surface area contributed by atoms with Gasteiger partial charge in [0, 0.05) is 45.8 Å². The molecule has 2 heterocycles. The molecule has 0 aromatic carbocycles. The second kappa shape index (κ2) is 8.87. The summed E-state index contributed by atoms with van der Waals surface area (Å²) in [6.07, 6.45) is 6.19. The summed E-state index contributed by atoms with van der Waals surface area (Å²) >= 11 is 0. The predicted molar refractivity (Wildman–Crippen MR) is 100 cm³/mol. The molecule has 3 fully saturated rings. The van der Waals surface area contributed by atoms with Crippen LogP contribution in [0.2, 0.25) is 0 Å². The second-order valence-electron chi connectivity index (χ2n) is 7.94. The minimum atomic E-state index is -3.59. The number of hydrogen-bond acceptors (Lipinski definition) is 6. The number of nitrogens with one attached hydrogen (secondary N) is 1. The maximum Gasteiger partial charge on any atom is 0.253 e. The van der Waals surface area contributed by atoms with E-state index in [4.69, 9.17) is 4.74 Å². The monoisotopic (exact) mass is 401 g/mol. The van der Waals surface area contributed by atoms with Crippen LogP contribution in [0.1, 0.15) is 44.9 Å². The number of rotatable bonds is 7. The van der Waals surface area contributed by atoms with Crippen LogP contribution in [0.25, 0.3) is 0 Å². The highest BCUT2D eigenvalue weighted by Gasteiger charge is 2.45. The van der Waals surface area contributed by atoms with Crippen molar-refractivity contribution in [3.05, 3.63) is 0 Å². The maximum absolute atomic E-state index is 12.9. The molecule has 2 amide bonds. The topological polar surface area (TPSA) is 96.0 Å². The number of carbonyl (C=O) groups is 2. The first-order valence-corrected chi connectivity index (χ1v) is 11.6. The van der Waals surface area contributed by atoms with Crippen molar-refractivity contribution in [2.45, 2.75) is 57.0 Å². The normalized spacial score (nSPS) is 28.9. The van der Waals surface area contributed by atoms with Crippen molar-refractivity contribution < 1.29 is 22.7 Å². The van der Waals surface area contributed by atoms with E-state index in [1.54, 1.807) is 7.11 Å². The van der Waals surface area contributed by atoms with Crippen molar-refractivity contribution in [3.8, 4) is 0 Å². The van der Waals surface area contributed by atoms with E-state index in [-0.39, 0.29) is 30.2 Å². The van der Waals surface area contributed by atoms with Gasteiger partial charge >= 0.3 is 0 Å². The van der Waals surface area contributed by atoms with E-state index < -0.39 is 16.1 Å². The molecule has 8 nitrogen and oxygen atoms in total. The van der Waals surface area contributed by atoms with Crippen LogP contribution < -0.4 is 5.32 Å². The van der Waals surface area contributed by atoms with Gasteiger partial charge in [-0.3, -0.25) is 14.5 Å². The lowest BCUT2D eigenvalue weighted by atomic mass is 10.0. The van der Waals surface area contributed by atoms with Gasteiger partial charge in [-0.15, -0.1) is 0 Å². The lowest BCUT2D eigenvalue weighted by Gasteiger charge is -2.23. The van der Waals surface area contributed by atoms with E-state index in [2.05, 4.69) is 5.32 Å². The van der Waals surface area contributed by atoms with Crippen LogP contribution in [0.4, 0.5) is 0 Å². The molecule has 3 aliphatic rings. The van der Waals surface area contributed by atoms with Gasteiger partial charge in [0.25, 0.3) is 5.91 Å². The van der Waals surface area contributed by atoms with Crippen molar-refractivity contribution >= 4 is 21.8 Å². The van der Waals surface area contributed by atoms with Crippen LogP contribution in [0.5, 0.6) is 0 Å². The number of nitrogens with zero attached hydrogens (tertiary/aromatic N) is 2. The highest BCUT2D eigenvalue weighted by atomic mass is 32.2. The zero-order chi connectivity index (χ0) is 19.4. The van der Waals surface area contributed by atoms with Crippen LogP contribution in [0.3, 0.4) is 0 Å². The lowest BCUT2D eigenvalue weighted by Crippen LogP contribution is -2.44. The highest BCUT2D eigenvalue weighted by molar-refractivity contribution is 7.89. The molecule has 1 aliphatic carbocycles. The van der Waals surface area contributed by atoms with E-state index in [0.717, 1.165) is 17.1 Å². The van der Waals surface area contributed by atoms with Gasteiger partial charge < -0.3 is 10.1 Å². The fourth-order valence-electron chi connectivity index (χ4n) is 4.52. The van der Waals surface area contributed by atoms with Gasteiger partial charge in [-0.05, 0) is 31.6 Å². The van der Waals surface area contributed by atoms with E-state index in [1.165, 1.54) is 12.8 Å². The SMILES string of the molecule is COCCCN1C(=O)[C@@H]2C[C@H](NC(=O)CC3CCCC3)CN2CCS1(=O)=O. The summed E-state index contributed by atoms with van der Waals surface area (Å²) in [5.41, 5.74) is 0. The van der Waals surface area contributed by atoms with Gasteiger partial charge in [0.05, 0.1) is 11.8 Å². The molecule has 2 saturated heterocycles. The summed E-state index contributed by atoms with van der Waals surface area (Å²) < 4.78 is 30.9. The minimum Gasteiger partial charge on any atom is -0.385 e. The molecule has 3 rings (SSSR count). The van der Waals surface area contributed by atoms with E-state index >= 15 is 0 Å². The molecule has 0 unspecified atom stereocenters. The maximum atomic E-state index is 12.9. The summed E-state index contributed by atoms with van der Waals surface area (Å²) in [5.74, 6) is 0.114. The van der Waals surface area contributed by atoms with Gasteiger partial charge in [-0.2, -0.15) is 0 Å². The first-order valence-electron chi connectivity index (χ1n) is 9.97. The quantitative estimate of drug-likeness (QED) is 0.618. The zero-order valence-electron chi connectivity index (χ0n) is 16.1. The average molecular weight is 402 g/mol. The third kappa shape index (κ3) is 5.00. The van der Waals surface area contributed by atoms with E-state index in [0.29, 0.717) is 44.9 Å². The van der Waals surface area contributed by atoms with Crippen LogP contribution in [-0.2, 0) is 24.3 Å². The zero-order valence-corrected chi connectivity index (χ0v) is 16.9. The van der Waals surface area contributed by atoms with Gasteiger partial charge in [-0.25, -0.2) is 12.7 Å². The molecule has 0 aromatic heterocycles. The smallest absolute Gasteiger partial charge is 0.253 e. The summed E-state index contributed by atoms with van der Waals surface area (Å²) in [4.78, 5) is 27.1. The minimum absolute atomic E-state index is 0.0570. The van der Waals surface area contributed by atoms with Gasteiger partial charge in [-0.1, -0.05) is 12.8 Å². The molecule has 2 aliphatic heterocycles. The fourth-order valence-corrected chi connectivity index (χ4v) is 6.01. The van der Waals surface area contributed by atoms with Crippen molar-refractivity contribution in [2.24, 2.45) is 5.92 Å². The number of ether oxygens (including phenoxy) is 1. The number of methoxy groups -OCH3 is 1.